The van der Waals surface area contributed by atoms with Crippen molar-refractivity contribution in [1.82, 2.24) is 9.78 Å². The van der Waals surface area contributed by atoms with E-state index in [9.17, 15) is 4.79 Å². The van der Waals surface area contributed by atoms with Gasteiger partial charge in [0.1, 0.15) is 5.82 Å². The van der Waals surface area contributed by atoms with E-state index in [1.54, 1.807) is 35.1 Å². The van der Waals surface area contributed by atoms with E-state index in [-0.39, 0.29) is 18.4 Å². The lowest BCUT2D eigenvalue weighted by Crippen LogP contribution is -2.18. The Morgan fingerprint density at radius 1 is 1.30 bits per heavy atom. The lowest BCUT2D eigenvalue weighted by Gasteiger charge is -2.11. The molecule has 20 heavy (non-hydrogen) atoms. The monoisotopic (exact) mass is 311 g/mol. The molecule has 1 aromatic carbocycles. The number of hydrogen-bond donors (Lipinski definition) is 1. The highest BCUT2D eigenvalue weighted by Crippen LogP contribution is 2.23. The minimum atomic E-state index is -0.120. The molecule has 2 rings (SSSR count). The Morgan fingerprint density at radius 3 is 2.70 bits per heavy atom. The van der Waals surface area contributed by atoms with E-state index in [0.29, 0.717) is 15.9 Å². The molecule has 6 heteroatoms. The van der Waals surface area contributed by atoms with Gasteiger partial charge in [0, 0.05) is 12.1 Å². The second-order valence-corrected chi connectivity index (χ2v) is 5.54. The van der Waals surface area contributed by atoms with E-state index in [0.717, 1.165) is 5.56 Å². The number of benzene rings is 1. The lowest BCUT2D eigenvalue weighted by atomic mass is 10.1. The maximum atomic E-state index is 12.0. The van der Waals surface area contributed by atoms with Crippen molar-refractivity contribution in [3.05, 3.63) is 46.1 Å². The van der Waals surface area contributed by atoms with E-state index in [1.807, 2.05) is 13.8 Å². The van der Waals surface area contributed by atoms with Crippen LogP contribution in [0.1, 0.15) is 25.5 Å². The number of carbonyl (C=O) groups is 1. The molecule has 0 unspecified atom stereocenters. The first-order valence-electron chi connectivity index (χ1n) is 6.24. The highest BCUT2D eigenvalue weighted by Gasteiger charge is 2.10. The van der Waals surface area contributed by atoms with Crippen LogP contribution in [-0.2, 0) is 11.2 Å². The molecule has 1 amide bonds. The Kier molecular flexibility index (Phi) is 4.68. The second-order valence-electron chi connectivity index (χ2n) is 4.73. The van der Waals surface area contributed by atoms with Crippen LogP contribution in [0.2, 0.25) is 10.0 Å². The number of halogens is 2. The zero-order valence-electron chi connectivity index (χ0n) is 11.2. The van der Waals surface area contributed by atoms with Crippen LogP contribution < -0.4 is 5.32 Å². The third-order valence-electron chi connectivity index (χ3n) is 2.78. The minimum Gasteiger partial charge on any atom is -0.311 e. The molecule has 1 aromatic heterocycles. The summed E-state index contributed by atoms with van der Waals surface area (Å²) in [7, 11) is 0. The highest BCUT2D eigenvalue weighted by atomic mass is 35.5. The molecule has 0 aliphatic carbocycles. The molecule has 1 N–H and O–H groups in total. The summed E-state index contributed by atoms with van der Waals surface area (Å²) >= 11 is 11.8. The van der Waals surface area contributed by atoms with Crippen LogP contribution in [0.15, 0.2) is 30.5 Å². The number of amides is 1. The molecule has 2 aromatic rings. The summed E-state index contributed by atoms with van der Waals surface area (Å²) in [5, 5.41) is 7.93. The molecule has 0 atom stereocenters. The molecule has 0 radical (unpaired) electrons. The molecule has 1 heterocycles. The van der Waals surface area contributed by atoms with Crippen molar-refractivity contribution < 1.29 is 4.79 Å². The fourth-order valence-electron chi connectivity index (χ4n) is 1.85. The topological polar surface area (TPSA) is 46.9 Å². The van der Waals surface area contributed by atoms with Gasteiger partial charge in [-0.05, 0) is 31.5 Å². The summed E-state index contributed by atoms with van der Waals surface area (Å²) in [5.41, 5.74) is 0.813. The Labute approximate surface area is 127 Å². The van der Waals surface area contributed by atoms with E-state index in [2.05, 4.69) is 10.4 Å². The van der Waals surface area contributed by atoms with Gasteiger partial charge in [-0.3, -0.25) is 4.79 Å². The van der Waals surface area contributed by atoms with Crippen molar-refractivity contribution in [3.63, 3.8) is 0 Å². The van der Waals surface area contributed by atoms with Gasteiger partial charge in [-0.2, -0.15) is 5.10 Å². The van der Waals surface area contributed by atoms with Gasteiger partial charge < -0.3 is 5.32 Å². The van der Waals surface area contributed by atoms with Crippen LogP contribution in [0.25, 0.3) is 0 Å². The van der Waals surface area contributed by atoms with Crippen LogP contribution in [-0.4, -0.2) is 15.7 Å². The van der Waals surface area contributed by atoms with Crippen LogP contribution in [0, 0.1) is 0 Å². The summed E-state index contributed by atoms with van der Waals surface area (Å²) in [5.74, 6) is 0.566. The Bertz CT molecular complexity index is 623. The predicted molar refractivity (Wildman–Crippen MR) is 81.4 cm³/mol. The maximum absolute atomic E-state index is 12.0. The SMILES string of the molecule is CC(C)n1nccc1NC(=O)Cc1ccc(Cl)c(Cl)c1. The van der Waals surface area contributed by atoms with E-state index < -0.39 is 0 Å². The van der Waals surface area contributed by atoms with Crippen molar-refractivity contribution in [3.8, 4) is 0 Å². The predicted octanol–water partition coefficient (Wildman–Crippen LogP) is 3.95. The summed E-state index contributed by atoms with van der Waals surface area (Å²) < 4.78 is 1.76. The third kappa shape index (κ3) is 3.52. The van der Waals surface area contributed by atoms with E-state index in [4.69, 9.17) is 23.2 Å². The van der Waals surface area contributed by atoms with Crippen LogP contribution >= 0.6 is 23.2 Å². The summed E-state index contributed by atoms with van der Waals surface area (Å²) in [4.78, 5) is 12.0. The average Bonchev–Trinajstić information content (AvgIpc) is 2.82. The molecule has 0 fully saturated rings. The van der Waals surface area contributed by atoms with Crippen LogP contribution in [0.5, 0.6) is 0 Å². The van der Waals surface area contributed by atoms with Crippen molar-refractivity contribution >= 4 is 34.9 Å². The number of hydrogen-bond acceptors (Lipinski definition) is 2. The van der Waals surface area contributed by atoms with Gasteiger partial charge in [0.25, 0.3) is 0 Å². The fraction of sp³-hybridized carbons (Fsp3) is 0.286. The molecule has 0 spiro atoms. The fourth-order valence-corrected chi connectivity index (χ4v) is 2.17. The smallest absolute Gasteiger partial charge is 0.229 e. The number of carbonyl (C=O) groups excluding carboxylic acids is 1. The van der Waals surface area contributed by atoms with E-state index >= 15 is 0 Å². The molecular weight excluding hydrogens is 297 g/mol. The van der Waals surface area contributed by atoms with Crippen molar-refractivity contribution in [2.45, 2.75) is 26.3 Å². The summed E-state index contributed by atoms with van der Waals surface area (Å²) in [6.07, 6.45) is 1.90. The number of nitrogens with one attached hydrogen (secondary N) is 1. The van der Waals surface area contributed by atoms with Crippen molar-refractivity contribution in [1.29, 1.82) is 0 Å². The first kappa shape index (κ1) is 14.9. The molecule has 0 saturated heterocycles. The molecule has 0 bridgehead atoms. The number of aromatic nitrogens is 2. The van der Waals surface area contributed by atoms with Gasteiger partial charge >= 0.3 is 0 Å². The van der Waals surface area contributed by atoms with Crippen molar-refractivity contribution in [2.24, 2.45) is 0 Å². The zero-order chi connectivity index (χ0) is 14.7. The number of nitrogens with zero attached hydrogens (tertiary/aromatic N) is 2. The third-order valence-corrected chi connectivity index (χ3v) is 3.51. The summed E-state index contributed by atoms with van der Waals surface area (Å²) in [6, 6.07) is 7.12. The van der Waals surface area contributed by atoms with Gasteiger partial charge in [0.15, 0.2) is 0 Å². The Morgan fingerprint density at radius 2 is 2.05 bits per heavy atom. The molecule has 0 saturated carbocycles. The molecule has 4 nitrogen and oxygen atoms in total. The number of rotatable bonds is 4. The molecule has 0 aliphatic rings. The minimum absolute atomic E-state index is 0.120. The highest BCUT2D eigenvalue weighted by molar-refractivity contribution is 6.42. The Balaban J connectivity index is 2.05. The van der Waals surface area contributed by atoms with Gasteiger partial charge in [-0.1, -0.05) is 29.3 Å². The largest absolute Gasteiger partial charge is 0.311 e. The van der Waals surface area contributed by atoms with Gasteiger partial charge in [-0.15, -0.1) is 0 Å². The summed E-state index contributed by atoms with van der Waals surface area (Å²) in [6.45, 7) is 4.00. The van der Waals surface area contributed by atoms with Gasteiger partial charge in [0.05, 0.1) is 22.7 Å². The first-order chi connectivity index (χ1) is 9.47. The zero-order valence-corrected chi connectivity index (χ0v) is 12.7. The average molecular weight is 312 g/mol. The lowest BCUT2D eigenvalue weighted by molar-refractivity contribution is -0.115. The van der Waals surface area contributed by atoms with E-state index in [1.165, 1.54) is 0 Å². The molecule has 106 valence electrons. The van der Waals surface area contributed by atoms with Gasteiger partial charge in [0.2, 0.25) is 5.91 Å². The first-order valence-corrected chi connectivity index (χ1v) is 7.00. The van der Waals surface area contributed by atoms with Gasteiger partial charge in [-0.25, -0.2) is 4.68 Å². The number of anilines is 1. The van der Waals surface area contributed by atoms with Crippen molar-refractivity contribution in [2.75, 3.05) is 5.32 Å². The van der Waals surface area contributed by atoms with Crippen LogP contribution in [0.4, 0.5) is 5.82 Å². The second kappa shape index (κ2) is 6.29. The normalized spacial score (nSPS) is 10.8. The standard InChI is InChI=1S/C14H15Cl2N3O/c1-9(2)19-13(5-6-17-19)18-14(20)8-10-3-4-11(15)12(16)7-10/h3-7,9H,8H2,1-2H3,(H,18,20). The Hall–Kier alpha value is -1.52. The molecule has 0 aliphatic heterocycles. The maximum Gasteiger partial charge on any atom is 0.229 e. The molecular formula is C14H15Cl2N3O. The quantitative estimate of drug-likeness (QED) is 0.929. The van der Waals surface area contributed by atoms with Crippen LogP contribution in [0.3, 0.4) is 0 Å².